The molecule has 15 aromatic rings. The number of alkyl halides is 5. The normalized spacial score (nSPS) is 12.3. The van der Waals surface area contributed by atoms with E-state index in [2.05, 4.69) is 49.8 Å². The number of aryl methyl sites for hydroxylation is 5. The van der Waals surface area contributed by atoms with Crippen molar-refractivity contribution < 1.29 is 71.2 Å². The Balaban J connectivity index is 0.000000142. The predicted octanol–water partition coefficient (Wildman–Crippen LogP) is 16.6. The quantitative estimate of drug-likeness (QED) is 0.0333. The number of pyridine rings is 10. The van der Waals surface area contributed by atoms with Crippen molar-refractivity contribution in [2.24, 2.45) is 0 Å². The van der Waals surface area contributed by atoms with Crippen LogP contribution in [0.25, 0.3) is 111 Å². The summed E-state index contributed by atoms with van der Waals surface area (Å²) in [4.78, 5) is 44.3. The first-order valence-electron chi connectivity index (χ1n) is 36.8. The molecule has 0 unspecified atom stereocenters. The third kappa shape index (κ3) is 24.0. The van der Waals surface area contributed by atoms with Crippen LogP contribution in [-0.2, 0) is 0 Å². The van der Waals surface area contributed by atoms with Crippen molar-refractivity contribution in [2.75, 3.05) is 66.4 Å². The summed E-state index contributed by atoms with van der Waals surface area (Å²) in [5.74, 6) is 2.90. The molecular formula is C90H85F5N10O10. The summed E-state index contributed by atoms with van der Waals surface area (Å²) in [6.45, 7) is 5.44. The van der Waals surface area contributed by atoms with Crippen LogP contribution < -0.4 is 23.7 Å². The Bertz CT molecular complexity index is 5430. The Labute approximate surface area is 660 Å². The fourth-order valence-electron chi connectivity index (χ4n) is 11.4. The Kier molecular flexibility index (Phi) is 29.9. The van der Waals surface area contributed by atoms with Crippen molar-refractivity contribution in [1.82, 2.24) is 49.8 Å². The van der Waals surface area contributed by atoms with Gasteiger partial charge < -0.3 is 49.2 Å². The highest BCUT2D eigenvalue weighted by Gasteiger charge is 2.15. The van der Waals surface area contributed by atoms with E-state index < -0.39 is 63.9 Å². The molecule has 0 fully saturated rings. The number of rotatable bonds is 25. The smallest absolute Gasteiger partial charge is 0.120 e. The van der Waals surface area contributed by atoms with Crippen LogP contribution in [0.3, 0.4) is 0 Å². The molecule has 115 heavy (non-hydrogen) atoms. The molecule has 15 rings (SSSR count). The maximum Gasteiger partial charge on any atom is 0.120 e. The van der Waals surface area contributed by atoms with Gasteiger partial charge in [0.1, 0.15) is 126 Å². The molecule has 0 radical (unpaired) electrons. The van der Waals surface area contributed by atoms with Crippen LogP contribution in [0.5, 0.6) is 28.7 Å². The fourth-order valence-corrected chi connectivity index (χ4v) is 11.4. The fraction of sp³-hybridized carbons (Fsp3) is 0.222. The molecule has 0 saturated carbocycles. The zero-order valence-corrected chi connectivity index (χ0v) is 63.7. The molecule has 590 valence electrons. The van der Waals surface area contributed by atoms with Crippen LogP contribution in [0.4, 0.5) is 22.0 Å². The molecule has 5 N–H and O–H groups in total. The SMILES string of the molecule is Cc1cc(-c2ccc3cc(OC[C@H](O)CF)ccc3n2)ccn1.Cc1ccc(-c2ccc3cc(OC[C@H](O)CF)ccc3n2)cn1.Cc1ccncc1-c1ccc2cc(OC[C@H](O)CF)ccc2n1.Cc1cncc(-c2ccc3cc(OC[C@H](O)CF)ccc3n2)c1.Cc1ncccc1-c1ccc2cc(OC[C@H](O)CF)ccc2n1. The Morgan fingerprint density at radius 2 is 0.687 bits per heavy atom. The topological polar surface area (TPSA) is 276 Å². The summed E-state index contributed by atoms with van der Waals surface area (Å²) in [5.41, 5.74) is 18.5. The maximum atomic E-state index is 12.2. The summed E-state index contributed by atoms with van der Waals surface area (Å²) in [6.07, 6.45) is 7.00. The molecule has 0 bridgehead atoms. The molecular weight excluding hydrogens is 1480 g/mol. The zero-order chi connectivity index (χ0) is 81.2. The van der Waals surface area contributed by atoms with Gasteiger partial charge in [-0.2, -0.15) is 0 Å². The molecule has 0 spiro atoms. The lowest BCUT2D eigenvalue weighted by Gasteiger charge is -2.10. The Morgan fingerprint density at radius 1 is 0.296 bits per heavy atom. The average molecular weight is 1560 g/mol. The van der Waals surface area contributed by atoms with E-state index in [4.69, 9.17) is 23.7 Å². The standard InChI is InChI=1S/5C18H17FN2O2/c1-12-6-14(10-20-9-12)18-4-2-13-7-16(3-5-17(13)21-18)23-11-15(22)8-19;1-12-8-14(6-7-20-12)17-4-2-13-9-16(3-5-18(13)21-17)23-11-15(22)10-19;1-12-6-7-20-10-16(12)18-4-2-13-8-15(3-5-17(13)21-18)23-11-14(22)9-19;1-12-2-3-14(10-20-12)18-6-4-13-8-16(5-7-17(13)21-18)23-11-15(22)9-19;1-12-16(3-2-8-20-12)18-6-4-13-9-15(5-7-17(13)21-18)23-11-14(22)10-19/h2-7,9-10,15,22H,8,11H2,1H3;2-9,15,22H,10-11H2,1H3;2-8,10,14,22H,9,11H2,1H3;2-8,10,15,22H,9,11H2,1H3;2-9,14,22H,10-11H2,1H3/t2*15-;14-;15-;14-/m11111/s1. The molecule has 5 atom stereocenters. The lowest BCUT2D eigenvalue weighted by atomic mass is 10.1. The molecule has 5 aromatic carbocycles. The van der Waals surface area contributed by atoms with Gasteiger partial charge in [0.05, 0.1) is 56.1 Å². The number of benzene rings is 5. The predicted molar refractivity (Wildman–Crippen MR) is 436 cm³/mol. The van der Waals surface area contributed by atoms with E-state index in [0.29, 0.717) is 28.7 Å². The van der Waals surface area contributed by atoms with Crippen LogP contribution in [0.15, 0.2) is 244 Å². The number of hydrogen-bond donors (Lipinski definition) is 5. The lowest BCUT2D eigenvalue weighted by molar-refractivity contribution is 0.0842. The van der Waals surface area contributed by atoms with Gasteiger partial charge in [0, 0.05) is 115 Å². The first-order valence-corrected chi connectivity index (χ1v) is 36.8. The third-order valence-corrected chi connectivity index (χ3v) is 17.6. The molecule has 0 aliphatic rings. The van der Waals surface area contributed by atoms with E-state index in [1.54, 1.807) is 73.7 Å². The number of fused-ring (bicyclic) bond motifs is 5. The minimum Gasteiger partial charge on any atom is -0.491 e. The first-order chi connectivity index (χ1) is 55.8. The largest absolute Gasteiger partial charge is 0.491 e. The third-order valence-electron chi connectivity index (χ3n) is 17.6. The Hall–Kier alpha value is -12.7. The van der Waals surface area contributed by atoms with Gasteiger partial charge in [-0.15, -0.1) is 0 Å². The molecule has 20 nitrogen and oxygen atoms in total. The minimum absolute atomic E-state index is 0.0657. The zero-order valence-electron chi connectivity index (χ0n) is 63.7. The average Bonchev–Trinajstić information content (AvgIpc) is 0.836. The summed E-state index contributed by atoms with van der Waals surface area (Å²) >= 11 is 0. The summed E-state index contributed by atoms with van der Waals surface area (Å²) < 4.78 is 88.0. The van der Waals surface area contributed by atoms with E-state index in [-0.39, 0.29) is 33.0 Å². The monoisotopic (exact) mass is 1560 g/mol. The summed E-state index contributed by atoms with van der Waals surface area (Å²) in [5, 5.41) is 50.6. The second-order valence-electron chi connectivity index (χ2n) is 26.8. The van der Waals surface area contributed by atoms with Crippen LogP contribution >= 0.6 is 0 Å². The Morgan fingerprint density at radius 3 is 1.06 bits per heavy atom. The van der Waals surface area contributed by atoms with Crippen LogP contribution in [0.1, 0.15) is 28.2 Å². The number of aliphatic hydroxyl groups excluding tert-OH is 5. The van der Waals surface area contributed by atoms with E-state index in [1.165, 1.54) is 0 Å². The van der Waals surface area contributed by atoms with Crippen molar-refractivity contribution in [3.05, 3.63) is 272 Å². The molecule has 25 heteroatoms. The lowest BCUT2D eigenvalue weighted by Crippen LogP contribution is -2.19. The number of aromatic nitrogens is 10. The van der Waals surface area contributed by atoms with E-state index in [9.17, 15) is 47.5 Å². The highest BCUT2D eigenvalue weighted by Crippen LogP contribution is 2.31. The number of halogens is 5. The van der Waals surface area contributed by atoms with Crippen molar-refractivity contribution in [3.8, 4) is 85.0 Å². The number of aliphatic hydroxyl groups is 5. The van der Waals surface area contributed by atoms with Gasteiger partial charge in [0.2, 0.25) is 0 Å². The summed E-state index contributed by atoms with van der Waals surface area (Å²) in [6, 6.07) is 62.4. The molecule has 0 aliphatic heterocycles. The number of nitrogens with zero attached hydrogens (tertiary/aromatic N) is 10. The van der Waals surface area contributed by atoms with Crippen LogP contribution in [0, 0.1) is 34.6 Å². The van der Waals surface area contributed by atoms with Gasteiger partial charge in [-0.3, -0.25) is 24.9 Å². The van der Waals surface area contributed by atoms with Gasteiger partial charge in [0.25, 0.3) is 0 Å². The van der Waals surface area contributed by atoms with Crippen molar-refractivity contribution in [3.63, 3.8) is 0 Å². The maximum absolute atomic E-state index is 12.2. The van der Waals surface area contributed by atoms with Gasteiger partial charge in [-0.1, -0.05) is 30.3 Å². The molecule has 10 aromatic heterocycles. The van der Waals surface area contributed by atoms with Crippen molar-refractivity contribution in [2.45, 2.75) is 65.1 Å². The van der Waals surface area contributed by atoms with Crippen LogP contribution in [-0.4, -0.2) is 172 Å². The van der Waals surface area contributed by atoms with Crippen LogP contribution in [0.2, 0.25) is 0 Å². The van der Waals surface area contributed by atoms with Gasteiger partial charge in [0.15, 0.2) is 0 Å². The molecule has 10 heterocycles. The minimum atomic E-state index is -1.10. The molecule has 0 saturated heterocycles. The van der Waals surface area contributed by atoms with E-state index in [0.717, 1.165) is 139 Å². The second-order valence-corrected chi connectivity index (χ2v) is 26.8. The van der Waals surface area contributed by atoms with E-state index in [1.807, 2.05) is 204 Å². The van der Waals surface area contributed by atoms with Crippen molar-refractivity contribution >= 4 is 54.5 Å². The molecule has 0 aliphatic carbocycles. The van der Waals surface area contributed by atoms with Crippen molar-refractivity contribution in [1.29, 1.82) is 0 Å². The summed E-state index contributed by atoms with van der Waals surface area (Å²) in [7, 11) is 0. The van der Waals surface area contributed by atoms with Gasteiger partial charge in [-0.25, -0.2) is 46.9 Å². The highest BCUT2D eigenvalue weighted by atomic mass is 19.1. The number of hydrogen-bond acceptors (Lipinski definition) is 20. The second kappa shape index (κ2) is 41.2. The number of ether oxygens (including phenoxy) is 5. The highest BCUT2D eigenvalue weighted by molar-refractivity contribution is 5.87. The van der Waals surface area contributed by atoms with Gasteiger partial charge in [-0.05, 0) is 216 Å². The molecule has 0 amide bonds. The van der Waals surface area contributed by atoms with Gasteiger partial charge >= 0.3 is 0 Å². The van der Waals surface area contributed by atoms with E-state index >= 15 is 0 Å². The first kappa shape index (κ1) is 83.3.